The maximum absolute atomic E-state index is 5.32. The second-order valence-corrected chi connectivity index (χ2v) is 11.1. The summed E-state index contributed by atoms with van der Waals surface area (Å²) in [5.74, 6) is 2.03. The van der Waals surface area contributed by atoms with Crippen molar-refractivity contribution in [2.45, 2.75) is 6.17 Å². The summed E-state index contributed by atoms with van der Waals surface area (Å²) in [6, 6.07) is 42.0. The standard InChI is InChI=1S/C37H26N8/c1-43-35(25-14-6-3-7-15-25)41-34(24-12-4-2-5-13-24)42-37(43)45-31-19-11-9-17-27(31)29-21-20-28-26-16-8-10-18-30(26)44(32(28)33(29)45)36-39-22-38-23-40-36/h2-23,35H,1H3. The maximum Gasteiger partial charge on any atom is 0.237 e. The van der Waals surface area contributed by atoms with Crippen molar-refractivity contribution >= 4 is 55.4 Å². The van der Waals surface area contributed by atoms with Crippen LogP contribution in [0.25, 0.3) is 49.6 Å². The molecular formula is C37H26N8. The molecular weight excluding hydrogens is 556 g/mol. The summed E-state index contributed by atoms with van der Waals surface area (Å²) < 4.78 is 4.44. The number of amidine groups is 1. The highest BCUT2D eigenvalue weighted by Gasteiger charge is 2.30. The van der Waals surface area contributed by atoms with Crippen molar-refractivity contribution in [2.24, 2.45) is 9.98 Å². The Bertz CT molecular complexity index is 2440. The molecule has 0 spiro atoms. The van der Waals surface area contributed by atoms with Crippen LogP contribution in [0.4, 0.5) is 0 Å². The zero-order valence-electron chi connectivity index (χ0n) is 24.4. The zero-order valence-corrected chi connectivity index (χ0v) is 24.4. The Labute approximate surface area is 258 Å². The highest BCUT2D eigenvalue weighted by atomic mass is 15.4. The number of fused-ring (bicyclic) bond motifs is 7. The molecule has 1 unspecified atom stereocenters. The molecule has 1 aliphatic heterocycles. The Hall–Kier alpha value is -6.15. The molecule has 0 saturated carbocycles. The van der Waals surface area contributed by atoms with E-state index in [-0.39, 0.29) is 6.17 Å². The average molecular weight is 583 g/mol. The van der Waals surface area contributed by atoms with Crippen LogP contribution in [0.15, 0.2) is 144 Å². The SMILES string of the molecule is CN1C(n2c3ccccc3c3ccc4c5ccccc5n(-c5ncncn5)c4c32)=NC(c2ccccc2)=NC1c1ccccc1. The summed E-state index contributed by atoms with van der Waals surface area (Å²) in [4.78, 5) is 26.0. The number of nitrogens with zero attached hydrogens (tertiary/aromatic N) is 8. The molecule has 1 atom stereocenters. The molecule has 0 saturated heterocycles. The molecule has 214 valence electrons. The van der Waals surface area contributed by atoms with Crippen molar-refractivity contribution in [3.05, 3.63) is 145 Å². The lowest BCUT2D eigenvalue weighted by Gasteiger charge is -2.33. The first-order chi connectivity index (χ1) is 22.3. The van der Waals surface area contributed by atoms with Gasteiger partial charge >= 0.3 is 0 Å². The Morgan fingerprint density at radius 1 is 0.556 bits per heavy atom. The van der Waals surface area contributed by atoms with E-state index in [1.165, 1.54) is 0 Å². The summed E-state index contributed by atoms with van der Waals surface area (Å²) >= 11 is 0. The van der Waals surface area contributed by atoms with Gasteiger partial charge in [-0.05, 0) is 17.7 Å². The van der Waals surface area contributed by atoms with Gasteiger partial charge < -0.3 is 4.90 Å². The van der Waals surface area contributed by atoms with Gasteiger partial charge in [0.1, 0.15) is 12.7 Å². The van der Waals surface area contributed by atoms with Crippen LogP contribution in [0.3, 0.4) is 0 Å². The maximum atomic E-state index is 5.32. The number of hydrogen-bond acceptors (Lipinski definition) is 6. The first-order valence-electron chi connectivity index (χ1n) is 14.9. The van der Waals surface area contributed by atoms with Crippen molar-refractivity contribution in [3.8, 4) is 5.95 Å². The van der Waals surface area contributed by atoms with Gasteiger partial charge in [0.05, 0.1) is 22.1 Å². The van der Waals surface area contributed by atoms with Gasteiger partial charge in [-0.15, -0.1) is 0 Å². The smallest absolute Gasteiger partial charge is 0.237 e. The van der Waals surface area contributed by atoms with Gasteiger partial charge in [0.25, 0.3) is 0 Å². The molecule has 8 nitrogen and oxygen atoms in total. The molecule has 9 rings (SSSR count). The summed E-state index contributed by atoms with van der Waals surface area (Å²) in [7, 11) is 2.07. The Morgan fingerprint density at radius 2 is 1.11 bits per heavy atom. The fraction of sp³-hybridized carbons (Fsp3) is 0.0541. The van der Waals surface area contributed by atoms with Crippen LogP contribution in [0.2, 0.25) is 0 Å². The minimum atomic E-state index is -0.279. The van der Waals surface area contributed by atoms with E-state index in [1.54, 1.807) is 12.7 Å². The largest absolute Gasteiger partial charge is 0.319 e. The number of hydrogen-bond donors (Lipinski definition) is 0. The molecule has 8 heteroatoms. The number of para-hydroxylation sites is 2. The Balaban J connectivity index is 1.44. The summed E-state index contributed by atoms with van der Waals surface area (Å²) in [5.41, 5.74) is 6.17. The van der Waals surface area contributed by atoms with Crippen LogP contribution >= 0.6 is 0 Å². The molecule has 1 aliphatic rings. The molecule has 5 aromatic carbocycles. The summed E-state index contributed by atoms with van der Waals surface area (Å²) in [5, 5.41) is 4.49. The first kappa shape index (κ1) is 25.4. The second kappa shape index (κ2) is 9.96. The van der Waals surface area contributed by atoms with E-state index in [1.807, 2.05) is 24.3 Å². The van der Waals surface area contributed by atoms with Crippen molar-refractivity contribution in [2.75, 3.05) is 7.05 Å². The van der Waals surface area contributed by atoms with E-state index in [0.717, 1.165) is 60.7 Å². The van der Waals surface area contributed by atoms with E-state index < -0.39 is 0 Å². The quantitative estimate of drug-likeness (QED) is 0.218. The van der Waals surface area contributed by atoms with E-state index in [2.05, 4.69) is 133 Å². The van der Waals surface area contributed by atoms with Gasteiger partial charge in [0, 0.05) is 34.2 Å². The molecule has 0 amide bonds. The number of rotatable bonds is 3. The molecule has 8 aromatic rings. The van der Waals surface area contributed by atoms with E-state index in [0.29, 0.717) is 11.8 Å². The van der Waals surface area contributed by atoms with Gasteiger partial charge in [-0.3, -0.25) is 9.13 Å². The molecule has 45 heavy (non-hydrogen) atoms. The second-order valence-electron chi connectivity index (χ2n) is 11.1. The fourth-order valence-electron chi connectivity index (χ4n) is 6.64. The lowest BCUT2D eigenvalue weighted by atomic mass is 10.1. The molecule has 0 radical (unpaired) electrons. The molecule has 0 bridgehead atoms. The fourth-order valence-corrected chi connectivity index (χ4v) is 6.64. The van der Waals surface area contributed by atoms with Crippen molar-refractivity contribution < 1.29 is 0 Å². The number of aliphatic imine (C=N–C) groups is 2. The van der Waals surface area contributed by atoms with Crippen LogP contribution in [-0.2, 0) is 0 Å². The van der Waals surface area contributed by atoms with Gasteiger partial charge in [-0.1, -0.05) is 109 Å². The Kier molecular flexibility index (Phi) is 5.61. The topological polar surface area (TPSA) is 76.5 Å². The summed E-state index contributed by atoms with van der Waals surface area (Å²) in [6.07, 6.45) is 2.81. The highest BCUT2D eigenvalue weighted by Crippen LogP contribution is 2.41. The van der Waals surface area contributed by atoms with E-state index in [4.69, 9.17) is 9.98 Å². The molecule has 3 aromatic heterocycles. The highest BCUT2D eigenvalue weighted by molar-refractivity contribution is 6.26. The third-order valence-electron chi connectivity index (χ3n) is 8.61. The molecule has 0 N–H and O–H groups in total. The van der Waals surface area contributed by atoms with Gasteiger partial charge in [-0.2, -0.15) is 4.99 Å². The van der Waals surface area contributed by atoms with Crippen molar-refractivity contribution in [3.63, 3.8) is 0 Å². The lowest BCUT2D eigenvalue weighted by molar-refractivity contribution is 0.372. The number of benzene rings is 5. The van der Waals surface area contributed by atoms with Crippen molar-refractivity contribution in [1.82, 2.24) is 29.0 Å². The van der Waals surface area contributed by atoms with Gasteiger partial charge in [0.15, 0.2) is 12.0 Å². The van der Waals surface area contributed by atoms with Crippen LogP contribution in [0, 0.1) is 0 Å². The lowest BCUT2D eigenvalue weighted by Crippen LogP contribution is -2.39. The van der Waals surface area contributed by atoms with E-state index >= 15 is 0 Å². The third kappa shape index (κ3) is 3.82. The van der Waals surface area contributed by atoms with E-state index in [9.17, 15) is 0 Å². The van der Waals surface area contributed by atoms with Crippen LogP contribution in [-0.4, -0.2) is 47.8 Å². The van der Waals surface area contributed by atoms with Gasteiger partial charge in [-0.25, -0.2) is 19.9 Å². The monoisotopic (exact) mass is 582 g/mol. The number of aromatic nitrogens is 5. The molecule has 0 aliphatic carbocycles. The third-order valence-corrected chi connectivity index (χ3v) is 8.61. The van der Waals surface area contributed by atoms with Gasteiger partial charge in [0.2, 0.25) is 11.9 Å². The zero-order chi connectivity index (χ0) is 29.9. The summed E-state index contributed by atoms with van der Waals surface area (Å²) in [6.45, 7) is 0. The van der Waals surface area contributed by atoms with Crippen LogP contribution < -0.4 is 0 Å². The predicted octanol–water partition coefficient (Wildman–Crippen LogP) is 7.37. The molecule has 0 fully saturated rings. The minimum absolute atomic E-state index is 0.279. The minimum Gasteiger partial charge on any atom is -0.319 e. The average Bonchev–Trinajstić information content (AvgIpc) is 3.63. The predicted molar refractivity (Wildman–Crippen MR) is 180 cm³/mol. The van der Waals surface area contributed by atoms with Crippen LogP contribution in [0.1, 0.15) is 17.3 Å². The Morgan fingerprint density at radius 3 is 1.78 bits per heavy atom. The normalized spacial score (nSPS) is 15.2. The van der Waals surface area contributed by atoms with Crippen molar-refractivity contribution in [1.29, 1.82) is 0 Å². The van der Waals surface area contributed by atoms with Crippen LogP contribution in [0.5, 0.6) is 0 Å². The first-order valence-corrected chi connectivity index (χ1v) is 14.9. The molecule has 4 heterocycles.